The van der Waals surface area contributed by atoms with Crippen molar-refractivity contribution in [3.63, 3.8) is 0 Å². The fourth-order valence-corrected chi connectivity index (χ4v) is 4.79. The summed E-state index contributed by atoms with van der Waals surface area (Å²) in [5.41, 5.74) is 5.51. The van der Waals surface area contributed by atoms with Gasteiger partial charge in [-0.25, -0.2) is 0 Å². The van der Waals surface area contributed by atoms with E-state index in [1.54, 1.807) is 4.80 Å². The van der Waals surface area contributed by atoms with E-state index < -0.39 is 0 Å². The van der Waals surface area contributed by atoms with Gasteiger partial charge in [-0.05, 0) is 48.4 Å². The van der Waals surface area contributed by atoms with E-state index in [0.717, 1.165) is 46.3 Å². The molecular weight excluding hydrogens is 406 g/mol. The topological polar surface area (TPSA) is 50.9 Å². The van der Waals surface area contributed by atoms with Crippen LogP contribution in [0.1, 0.15) is 109 Å². The van der Waals surface area contributed by atoms with Gasteiger partial charge in [-0.1, -0.05) is 104 Å². The van der Waals surface area contributed by atoms with Gasteiger partial charge in [0, 0.05) is 5.56 Å². The molecule has 1 N–H and O–H groups in total. The van der Waals surface area contributed by atoms with Crippen LogP contribution in [0.4, 0.5) is 0 Å². The van der Waals surface area contributed by atoms with E-state index in [4.69, 9.17) is 10.2 Å². The number of nitrogens with zero attached hydrogens (tertiary/aromatic N) is 3. The van der Waals surface area contributed by atoms with Crippen molar-refractivity contribution in [3.05, 3.63) is 47.0 Å². The van der Waals surface area contributed by atoms with Crippen LogP contribution in [0.15, 0.2) is 30.3 Å². The summed E-state index contributed by atoms with van der Waals surface area (Å²) in [6, 6.07) is 10.0. The van der Waals surface area contributed by atoms with Crippen molar-refractivity contribution in [1.29, 1.82) is 0 Å². The molecule has 2 aromatic carbocycles. The molecule has 4 nitrogen and oxygen atoms in total. The Kier molecular flexibility index (Phi) is 8.94. The van der Waals surface area contributed by atoms with Crippen molar-refractivity contribution in [2.45, 2.75) is 111 Å². The second-order valence-corrected chi connectivity index (χ2v) is 10.6. The van der Waals surface area contributed by atoms with Crippen LogP contribution in [0.3, 0.4) is 0 Å². The number of aromatic nitrogens is 3. The van der Waals surface area contributed by atoms with Gasteiger partial charge in [0.1, 0.15) is 16.8 Å². The van der Waals surface area contributed by atoms with Crippen molar-refractivity contribution >= 4 is 11.0 Å². The van der Waals surface area contributed by atoms with E-state index in [1.807, 2.05) is 24.3 Å². The van der Waals surface area contributed by atoms with Crippen LogP contribution in [0.5, 0.6) is 5.75 Å². The van der Waals surface area contributed by atoms with Crippen molar-refractivity contribution in [3.8, 4) is 11.4 Å². The molecule has 0 amide bonds. The molecule has 3 rings (SSSR count). The summed E-state index contributed by atoms with van der Waals surface area (Å²) in [5, 5.41) is 20.8. The summed E-state index contributed by atoms with van der Waals surface area (Å²) in [4.78, 5) is 1.71. The molecule has 0 fully saturated rings. The molecule has 0 aliphatic rings. The van der Waals surface area contributed by atoms with E-state index in [1.165, 1.54) is 57.8 Å². The normalized spacial score (nSPS) is 12.0. The number of hydrogen-bond acceptors (Lipinski definition) is 3. The van der Waals surface area contributed by atoms with E-state index >= 15 is 0 Å². The molecule has 0 unspecified atom stereocenters. The predicted molar refractivity (Wildman–Crippen MR) is 140 cm³/mol. The molecule has 0 bridgehead atoms. The highest BCUT2D eigenvalue weighted by Crippen LogP contribution is 2.40. The number of aryl methyl sites for hydroxylation is 2. The minimum Gasteiger partial charge on any atom is -0.507 e. The van der Waals surface area contributed by atoms with Gasteiger partial charge in [0.2, 0.25) is 0 Å². The van der Waals surface area contributed by atoms with E-state index in [0.29, 0.717) is 5.75 Å². The van der Waals surface area contributed by atoms with Crippen LogP contribution in [0.2, 0.25) is 0 Å². The molecule has 33 heavy (non-hydrogen) atoms. The van der Waals surface area contributed by atoms with Gasteiger partial charge in [0.15, 0.2) is 0 Å². The Bertz CT molecular complexity index is 996. The number of rotatable bonds is 12. The largest absolute Gasteiger partial charge is 0.507 e. The Morgan fingerprint density at radius 1 is 0.818 bits per heavy atom. The maximum atomic E-state index is 11.3. The molecule has 180 valence electrons. The van der Waals surface area contributed by atoms with Gasteiger partial charge in [-0.3, -0.25) is 0 Å². The van der Waals surface area contributed by atoms with Crippen molar-refractivity contribution in [2.75, 3.05) is 0 Å². The third kappa shape index (κ3) is 6.59. The van der Waals surface area contributed by atoms with Gasteiger partial charge in [0.25, 0.3) is 0 Å². The minimum atomic E-state index is -0.224. The Morgan fingerprint density at radius 3 is 1.85 bits per heavy atom. The number of fused-ring (bicyclic) bond motifs is 1. The first kappa shape index (κ1) is 25.3. The molecule has 0 radical (unpaired) electrons. The number of phenolic OH excluding ortho intramolecular Hbond substituents is 1. The van der Waals surface area contributed by atoms with Crippen LogP contribution in [0.25, 0.3) is 16.7 Å². The molecule has 3 aromatic rings. The monoisotopic (exact) mass is 449 g/mol. The molecule has 1 heterocycles. The lowest BCUT2D eigenvalue weighted by atomic mass is 9.82. The Labute approximate surface area is 200 Å². The second-order valence-electron chi connectivity index (χ2n) is 10.6. The lowest BCUT2D eigenvalue weighted by Gasteiger charge is -2.26. The zero-order valence-corrected chi connectivity index (χ0v) is 21.5. The Morgan fingerprint density at radius 2 is 1.33 bits per heavy atom. The molecule has 0 aliphatic heterocycles. The quantitative estimate of drug-likeness (QED) is 0.283. The zero-order chi connectivity index (χ0) is 23.8. The van der Waals surface area contributed by atoms with Crippen molar-refractivity contribution in [2.24, 2.45) is 0 Å². The average Bonchev–Trinajstić information content (AvgIpc) is 3.19. The van der Waals surface area contributed by atoms with Crippen LogP contribution in [-0.4, -0.2) is 20.1 Å². The summed E-state index contributed by atoms with van der Waals surface area (Å²) >= 11 is 0. The smallest absolute Gasteiger partial charge is 0.124 e. The number of hydrogen-bond donors (Lipinski definition) is 1. The first-order valence-corrected chi connectivity index (χ1v) is 13.0. The van der Waals surface area contributed by atoms with Gasteiger partial charge in [0.05, 0.1) is 5.69 Å². The highest BCUT2D eigenvalue weighted by atomic mass is 16.3. The maximum absolute atomic E-state index is 11.3. The van der Waals surface area contributed by atoms with Crippen molar-refractivity contribution in [1.82, 2.24) is 15.0 Å². The number of benzene rings is 2. The van der Waals surface area contributed by atoms with E-state index in [9.17, 15) is 5.11 Å². The SMILES string of the molecule is CCCCCCCCCCCCc1cc(C)c(-n2nc3ccccc3n2)c(C(C)(C)C)c1O. The molecule has 0 spiro atoms. The molecule has 1 aromatic heterocycles. The van der Waals surface area contributed by atoms with Crippen LogP contribution < -0.4 is 0 Å². The Hall–Kier alpha value is -2.36. The van der Waals surface area contributed by atoms with E-state index in [2.05, 4.69) is 40.7 Å². The van der Waals surface area contributed by atoms with Crippen LogP contribution >= 0.6 is 0 Å². The summed E-state index contributed by atoms with van der Waals surface area (Å²) in [6.45, 7) is 10.8. The predicted octanol–water partition coefficient (Wildman–Crippen LogP) is 8.20. The molecule has 0 aliphatic carbocycles. The Balaban J connectivity index is 1.69. The zero-order valence-electron chi connectivity index (χ0n) is 21.5. The molecule has 4 heteroatoms. The van der Waals surface area contributed by atoms with Gasteiger partial charge < -0.3 is 5.11 Å². The lowest BCUT2D eigenvalue weighted by molar-refractivity contribution is 0.435. The molecular formula is C29H43N3O. The molecule has 0 atom stereocenters. The number of phenols is 1. The van der Waals surface area contributed by atoms with E-state index in [-0.39, 0.29) is 5.41 Å². The summed E-state index contributed by atoms with van der Waals surface area (Å²) in [5.74, 6) is 0.417. The third-order valence-electron chi connectivity index (χ3n) is 6.58. The highest BCUT2D eigenvalue weighted by molar-refractivity contribution is 5.74. The molecule has 0 saturated carbocycles. The first-order chi connectivity index (χ1) is 15.8. The minimum absolute atomic E-state index is 0.224. The van der Waals surface area contributed by atoms with Gasteiger partial charge >= 0.3 is 0 Å². The lowest BCUT2D eigenvalue weighted by Crippen LogP contribution is -2.19. The fourth-order valence-electron chi connectivity index (χ4n) is 4.79. The standard InChI is InChI=1S/C29H43N3O/c1-6-7-8-9-10-11-12-13-14-15-18-23-21-22(2)27(26(28(23)33)29(3,4)5)32-30-24-19-16-17-20-25(24)31-32/h16-17,19-21,33H,6-15,18H2,1-5H3. The van der Waals surface area contributed by atoms with Gasteiger partial charge in [-0.15, -0.1) is 15.0 Å². The number of unbranched alkanes of at least 4 members (excludes halogenated alkanes) is 9. The molecule has 0 saturated heterocycles. The fraction of sp³-hybridized carbons (Fsp3) is 0.586. The van der Waals surface area contributed by atoms with Gasteiger partial charge in [-0.2, -0.15) is 0 Å². The van der Waals surface area contributed by atoms with Crippen LogP contribution in [-0.2, 0) is 11.8 Å². The average molecular weight is 450 g/mol. The maximum Gasteiger partial charge on any atom is 0.124 e. The van der Waals surface area contributed by atoms with Crippen LogP contribution in [0, 0.1) is 6.92 Å². The summed E-state index contributed by atoms with van der Waals surface area (Å²) < 4.78 is 0. The number of aromatic hydroxyl groups is 1. The highest BCUT2D eigenvalue weighted by Gasteiger charge is 2.28. The summed E-state index contributed by atoms with van der Waals surface area (Å²) in [7, 11) is 0. The summed E-state index contributed by atoms with van der Waals surface area (Å²) in [6.07, 6.45) is 14.1. The van der Waals surface area contributed by atoms with Crippen molar-refractivity contribution < 1.29 is 5.11 Å². The third-order valence-corrected chi connectivity index (χ3v) is 6.58. The first-order valence-electron chi connectivity index (χ1n) is 13.0. The second kappa shape index (κ2) is 11.7.